The Morgan fingerprint density at radius 2 is 2.24 bits per heavy atom. The van der Waals surface area contributed by atoms with Crippen molar-refractivity contribution in [1.29, 1.82) is 0 Å². The average Bonchev–Trinajstić information content (AvgIpc) is 2.64. The molecule has 1 aliphatic rings. The van der Waals surface area contributed by atoms with E-state index in [0.717, 1.165) is 35.0 Å². The first kappa shape index (κ1) is 14.8. The molecule has 1 aliphatic heterocycles. The van der Waals surface area contributed by atoms with Crippen molar-refractivity contribution in [2.24, 2.45) is 0 Å². The first-order valence-electron chi connectivity index (χ1n) is 7.31. The van der Waals surface area contributed by atoms with Gasteiger partial charge in [0.2, 0.25) is 0 Å². The molecule has 0 fully saturated rings. The van der Waals surface area contributed by atoms with Gasteiger partial charge in [0, 0.05) is 22.9 Å². The Hall–Kier alpha value is -1.13. The van der Waals surface area contributed by atoms with E-state index < -0.39 is 0 Å². The second-order valence-corrected chi connectivity index (χ2v) is 6.74. The molecule has 5 heteroatoms. The summed E-state index contributed by atoms with van der Waals surface area (Å²) in [6, 6.07) is 5.99. The number of aryl methyl sites for hydroxylation is 1. The number of benzene rings is 1. The van der Waals surface area contributed by atoms with Crippen LogP contribution >= 0.6 is 23.4 Å². The normalized spacial score (nSPS) is 14.4. The molecule has 0 radical (unpaired) electrons. The maximum atomic E-state index is 6.08. The maximum absolute atomic E-state index is 6.08. The van der Waals surface area contributed by atoms with Crippen LogP contribution in [0.15, 0.2) is 18.2 Å². The van der Waals surface area contributed by atoms with Crippen molar-refractivity contribution in [3.63, 3.8) is 0 Å². The Kier molecular flexibility index (Phi) is 4.45. The molecule has 2 heterocycles. The largest absolute Gasteiger partial charge is 0.370 e. The molecule has 1 N–H and O–H groups in total. The molecule has 0 saturated carbocycles. The van der Waals surface area contributed by atoms with Crippen molar-refractivity contribution in [3.8, 4) is 5.69 Å². The van der Waals surface area contributed by atoms with Gasteiger partial charge in [-0.25, -0.2) is 4.68 Å². The predicted molar refractivity (Wildman–Crippen MR) is 92.0 cm³/mol. The van der Waals surface area contributed by atoms with E-state index in [1.807, 2.05) is 23.9 Å². The number of halogens is 1. The molecule has 1 aromatic carbocycles. The number of rotatable bonds is 3. The van der Waals surface area contributed by atoms with Crippen LogP contribution in [0.5, 0.6) is 0 Å². The molecule has 3 nitrogen and oxygen atoms in total. The lowest BCUT2D eigenvalue weighted by Gasteiger charge is -2.11. The molecule has 0 aliphatic carbocycles. The highest BCUT2D eigenvalue weighted by Crippen LogP contribution is 2.31. The molecule has 21 heavy (non-hydrogen) atoms. The smallest absolute Gasteiger partial charge is 0.133 e. The van der Waals surface area contributed by atoms with Crippen molar-refractivity contribution < 1.29 is 0 Å². The Morgan fingerprint density at radius 1 is 1.38 bits per heavy atom. The molecule has 0 amide bonds. The number of nitrogens with zero attached hydrogens (tertiary/aromatic N) is 2. The molecular formula is C16H20ClN3S. The van der Waals surface area contributed by atoms with Crippen LogP contribution < -0.4 is 5.32 Å². The lowest BCUT2D eigenvalue weighted by Crippen LogP contribution is -2.08. The molecule has 0 atom stereocenters. The summed E-state index contributed by atoms with van der Waals surface area (Å²) in [7, 11) is 0. The summed E-state index contributed by atoms with van der Waals surface area (Å²) in [5.74, 6) is 2.13. The molecule has 1 aromatic heterocycles. The fraction of sp³-hybridized carbons (Fsp3) is 0.438. The van der Waals surface area contributed by atoms with Crippen molar-refractivity contribution in [2.45, 2.75) is 31.9 Å². The number of fused-ring (bicyclic) bond motifs is 1. The van der Waals surface area contributed by atoms with Crippen LogP contribution in [-0.4, -0.2) is 22.6 Å². The molecule has 0 spiro atoms. The molecule has 3 rings (SSSR count). The Balaban J connectivity index is 2.13. The average molecular weight is 322 g/mol. The van der Waals surface area contributed by atoms with E-state index in [2.05, 4.69) is 29.2 Å². The molecule has 0 unspecified atom stereocenters. The Morgan fingerprint density at radius 3 is 3.00 bits per heavy atom. The zero-order valence-electron chi connectivity index (χ0n) is 12.4. The molecule has 112 valence electrons. The van der Waals surface area contributed by atoms with Crippen LogP contribution in [0.25, 0.3) is 5.69 Å². The molecular weight excluding hydrogens is 302 g/mol. The third-order valence-electron chi connectivity index (χ3n) is 3.88. The van der Waals surface area contributed by atoms with Crippen LogP contribution in [0.4, 0.5) is 5.82 Å². The van der Waals surface area contributed by atoms with Crippen molar-refractivity contribution in [1.82, 2.24) is 9.78 Å². The zero-order chi connectivity index (χ0) is 14.8. The predicted octanol–water partition coefficient (Wildman–Crippen LogP) is 4.45. The van der Waals surface area contributed by atoms with Crippen LogP contribution in [0, 0.1) is 6.92 Å². The lowest BCUT2D eigenvalue weighted by atomic mass is 10.1. The summed E-state index contributed by atoms with van der Waals surface area (Å²) in [4.78, 5) is 0. The van der Waals surface area contributed by atoms with Gasteiger partial charge < -0.3 is 5.32 Å². The van der Waals surface area contributed by atoms with Gasteiger partial charge in [-0.15, -0.1) is 0 Å². The summed E-state index contributed by atoms with van der Waals surface area (Å²) in [5.41, 5.74) is 4.85. The van der Waals surface area contributed by atoms with Gasteiger partial charge in [-0.05, 0) is 56.2 Å². The van der Waals surface area contributed by atoms with E-state index in [1.165, 1.54) is 29.9 Å². The number of aromatic nitrogens is 2. The fourth-order valence-corrected chi connectivity index (χ4v) is 3.59. The molecule has 0 bridgehead atoms. The van der Waals surface area contributed by atoms with Crippen LogP contribution in [-0.2, 0) is 12.2 Å². The van der Waals surface area contributed by atoms with Crippen LogP contribution in [0.3, 0.4) is 0 Å². The third kappa shape index (κ3) is 2.92. The minimum atomic E-state index is 0.770. The highest BCUT2D eigenvalue weighted by atomic mass is 35.5. The summed E-state index contributed by atoms with van der Waals surface area (Å²) in [5, 5.41) is 9.22. The topological polar surface area (TPSA) is 29.9 Å². The van der Waals surface area contributed by atoms with Gasteiger partial charge >= 0.3 is 0 Å². The highest BCUT2D eigenvalue weighted by Gasteiger charge is 2.20. The minimum absolute atomic E-state index is 0.770. The van der Waals surface area contributed by atoms with Crippen molar-refractivity contribution in [3.05, 3.63) is 40.0 Å². The second kappa shape index (κ2) is 6.32. The molecule has 2 aromatic rings. The lowest BCUT2D eigenvalue weighted by molar-refractivity contribution is 0.771. The summed E-state index contributed by atoms with van der Waals surface area (Å²) < 4.78 is 2.07. The fourth-order valence-electron chi connectivity index (χ4n) is 2.86. The number of thioether (sulfide) groups is 1. The number of anilines is 1. The van der Waals surface area contributed by atoms with Gasteiger partial charge in [-0.2, -0.15) is 16.9 Å². The quantitative estimate of drug-likeness (QED) is 0.906. The van der Waals surface area contributed by atoms with E-state index in [4.69, 9.17) is 16.7 Å². The zero-order valence-corrected chi connectivity index (χ0v) is 14.0. The highest BCUT2D eigenvalue weighted by molar-refractivity contribution is 7.97. The van der Waals surface area contributed by atoms with E-state index in [0.29, 0.717) is 0 Å². The van der Waals surface area contributed by atoms with Gasteiger partial charge in [-0.1, -0.05) is 11.6 Å². The standard InChI is InChI=1S/C16H20ClN3S/c1-11-9-12(17)6-7-15(11)20-16-13(5-3-4-8-18-16)14(19-20)10-21-2/h6-7,9,18H,3-5,8,10H2,1-2H3. The SMILES string of the molecule is CSCc1nn(-c2ccc(Cl)cc2C)c2c1CCCCN2. The van der Waals surface area contributed by atoms with Gasteiger partial charge in [0.05, 0.1) is 11.4 Å². The van der Waals surface area contributed by atoms with E-state index in [-0.39, 0.29) is 0 Å². The van der Waals surface area contributed by atoms with E-state index >= 15 is 0 Å². The van der Waals surface area contributed by atoms with Gasteiger partial charge in [0.15, 0.2) is 0 Å². The van der Waals surface area contributed by atoms with Crippen LogP contribution in [0.2, 0.25) is 5.02 Å². The monoisotopic (exact) mass is 321 g/mol. The summed E-state index contributed by atoms with van der Waals surface area (Å²) in [6.45, 7) is 3.10. The van der Waals surface area contributed by atoms with Gasteiger partial charge in [-0.3, -0.25) is 0 Å². The third-order valence-corrected chi connectivity index (χ3v) is 4.68. The Bertz CT molecular complexity index is 651. The van der Waals surface area contributed by atoms with E-state index in [1.54, 1.807) is 0 Å². The maximum Gasteiger partial charge on any atom is 0.133 e. The van der Waals surface area contributed by atoms with E-state index in [9.17, 15) is 0 Å². The van der Waals surface area contributed by atoms with Gasteiger partial charge in [0.25, 0.3) is 0 Å². The second-order valence-electron chi connectivity index (χ2n) is 5.43. The van der Waals surface area contributed by atoms with Crippen molar-refractivity contribution >= 4 is 29.2 Å². The van der Waals surface area contributed by atoms with Crippen LogP contribution in [0.1, 0.15) is 29.7 Å². The Labute approximate surface area is 135 Å². The van der Waals surface area contributed by atoms with Crippen molar-refractivity contribution in [2.75, 3.05) is 18.1 Å². The van der Waals surface area contributed by atoms with Gasteiger partial charge in [0.1, 0.15) is 5.82 Å². The minimum Gasteiger partial charge on any atom is -0.370 e. The number of hydrogen-bond donors (Lipinski definition) is 1. The number of hydrogen-bond acceptors (Lipinski definition) is 3. The first-order chi connectivity index (χ1) is 10.2. The summed E-state index contributed by atoms with van der Waals surface area (Å²) in [6.07, 6.45) is 5.69. The summed E-state index contributed by atoms with van der Waals surface area (Å²) >= 11 is 7.91. The number of nitrogens with one attached hydrogen (secondary N) is 1. The molecule has 0 saturated heterocycles. The first-order valence-corrected chi connectivity index (χ1v) is 9.08.